The van der Waals surface area contributed by atoms with Crippen LogP contribution in [0.2, 0.25) is 0 Å². The van der Waals surface area contributed by atoms with Crippen LogP contribution in [0.1, 0.15) is 18.4 Å². The first-order valence-electron chi connectivity index (χ1n) is 8.36. The van der Waals surface area contributed by atoms with Crippen molar-refractivity contribution < 1.29 is 13.5 Å². The van der Waals surface area contributed by atoms with E-state index in [0.717, 1.165) is 41.4 Å². The predicted octanol–water partition coefficient (Wildman–Crippen LogP) is 4.76. The molecule has 2 aromatic heterocycles. The van der Waals surface area contributed by atoms with E-state index in [2.05, 4.69) is 14.8 Å². The zero-order chi connectivity index (χ0) is 17.9. The fourth-order valence-corrected chi connectivity index (χ4v) is 4.53. The van der Waals surface area contributed by atoms with Crippen molar-refractivity contribution in [1.29, 1.82) is 0 Å². The first kappa shape index (κ1) is 17.6. The number of hydrogen-bond acceptors (Lipinski definition) is 5. The van der Waals surface area contributed by atoms with Gasteiger partial charge in [-0.15, -0.1) is 21.5 Å². The maximum atomic E-state index is 13.4. The molecule has 26 heavy (non-hydrogen) atoms. The zero-order valence-electron chi connectivity index (χ0n) is 13.9. The molecule has 0 N–H and O–H groups in total. The van der Waals surface area contributed by atoms with E-state index in [0.29, 0.717) is 17.9 Å². The van der Waals surface area contributed by atoms with Gasteiger partial charge in [-0.1, -0.05) is 23.9 Å². The molecule has 4 rings (SSSR count). The Morgan fingerprint density at radius 3 is 2.88 bits per heavy atom. The van der Waals surface area contributed by atoms with Crippen molar-refractivity contribution in [2.45, 2.75) is 36.4 Å². The molecule has 0 saturated carbocycles. The van der Waals surface area contributed by atoms with Crippen LogP contribution in [-0.4, -0.2) is 27.5 Å². The summed E-state index contributed by atoms with van der Waals surface area (Å²) < 4.78 is 34.4. The van der Waals surface area contributed by atoms with E-state index in [1.165, 1.54) is 17.8 Å². The van der Waals surface area contributed by atoms with Gasteiger partial charge in [-0.3, -0.25) is 4.57 Å². The lowest BCUT2D eigenvalue weighted by Crippen LogP contribution is -2.16. The average molecular weight is 393 g/mol. The third kappa shape index (κ3) is 3.82. The van der Waals surface area contributed by atoms with Gasteiger partial charge in [0.2, 0.25) is 0 Å². The summed E-state index contributed by atoms with van der Waals surface area (Å²) in [4.78, 5) is 1.05. The molecule has 1 aliphatic heterocycles. The van der Waals surface area contributed by atoms with Gasteiger partial charge in [0.1, 0.15) is 0 Å². The first-order valence-corrected chi connectivity index (χ1v) is 10.2. The summed E-state index contributed by atoms with van der Waals surface area (Å²) in [6.07, 6.45) is 2.25. The van der Waals surface area contributed by atoms with Crippen LogP contribution in [0.3, 0.4) is 0 Å². The van der Waals surface area contributed by atoms with E-state index in [1.807, 2.05) is 17.5 Å². The maximum Gasteiger partial charge on any atom is 0.191 e. The minimum absolute atomic E-state index is 0.160. The number of ether oxygens (including phenoxy) is 1. The lowest BCUT2D eigenvalue weighted by Gasteiger charge is -2.14. The van der Waals surface area contributed by atoms with E-state index in [4.69, 9.17) is 4.74 Å². The van der Waals surface area contributed by atoms with Crippen molar-refractivity contribution in [3.05, 3.63) is 52.9 Å². The minimum atomic E-state index is -0.833. The summed E-state index contributed by atoms with van der Waals surface area (Å²) in [7, 11) is 0. The third-order valence-corrected chi connectivity index (χ3v) is 6.12. The van der Waals surface area contributed by atoms with E-state index >= 15 is 0 Å². The van der Waals surface area contributed by atoms with Crippen LogP contribution in [0.15, 0.2) is 40.9 Å². The van der Waals surface area contributed by atoms with E-state index in [1.54, 1.807) is 17.4 Å². The molecule has 1 unspecified atom stereocenters. The molecular formula is C18H17F2N3OS2. The van der Waals surface area contributed by atoms with Crippen molar-refractivity contribution in [2.24, 2.45) is 0 Å². The van der Waals surface area contributed by atoms with Crippen LogP contribution in [-0.2, 0) is 17.0 Å². The van der Waals surface area contributed by atoms with Crippen molar-refractivity contribution in [2.75, 3.05) is 6.61 Å². The molecular weight excluding hydrogens is 376 g/mol. The Bertz CT molecular complexity index is 877. The molecule has 0 bridgehead atoms. The molecule has 1 saturated heterocycles. The summed E-state index contributed by atoms with van der Waals surface area (Å²) in [6, 6.07) is 7.97. The predicted molar refractivity (Wildman–Crippen MR) is 98.2 cm³/mol. The largest absolute Gasteiger partial charge is 0.376 e. The Morgan fingerprint density at radius 1 is 1.23 bits per heavy atom. The number of halogens is 2. The summed E-state index contributed by atoms with van der Waals surface area (Å²) in [5.41, 5.74) is 0.707. The average Bonchev–Trinajstić information content (AvgIpc) is 3.38. The Hall–Kier alpha value is -1.77. The number of nitrogens with zero attached hydrogens (tertiary/aromatic N) is 3. The number of aromatic nitrogens is 3. The summed E-state index contributed by atoms with van der Waals surface area (Å²) in [6.45, 7) is 1.48. The first-order chi connectivity index (χ1) is 12.7. The van der Waals surface area contributed by atoms with Crippen LogP contribution in [0.5, 0.6) is 0 Å². The van der Waals surface area contributed by atoms with Gasteiger partial charge in [0.05, 0.1) is 17.5 Å². The molecule has 0 spiro atoms. The molecule has 1 aliphatic rings. The van der Waals surface area contributed by atoms with Gasteiger partial charge in [-0.25, -0.2) is 8.78 Å². The highest BCUT2D eigenvalue weighted by Crippen LogP contribution is 2.30. The van der Waals surface area contributed by atoms with Gasteiger partial charge in [-0.2, -0.15) is 0 Å². The zero-order valence-corrected chi connectivity index (χ0v) is 15.5. The Kier molecular flexibility index (Phi) is 5.33. The van der Waals surface area contributed by atoms with Gasteiger partial charge < -0.3 is 4.74 Å². The van der Waals surface area contributed by atoms with Crippen LogP contribution < -0.4 is 0 Å². The van der Waals surface area contributed by atoms with E-state index in [-0.39, 0.29) is 6.10 Å². The Morgan fingerprint density at radius 2 is 2.15 bits per heavy atom. The second kappa shape index (κ2) is 7.85. The maximum absolute atomic E-state index is 13.4. The monoisotopic (exact) mass is 393 g/mol. The number of hydrogen-bond donors (Lipinski definition) is 0. The second-order valence-electron chi connectivity index (χ2n) is 6.07. The third-order valence-electron chi connectivity index (χ3n) is 4.22. The van der Waals surface area contributed by atoms with Gasteiger partial charge in [0.15, 0.2) is 22.6 Å². The molecule has 1 aromatic carbocycles. The molecule has 1 atom stereocenters. The number of thiophene rings is 1. The Labute approximate surface area is 158 Å². The van der Waals surface area contributed by atoms with E-state index in [9.17, 15) is 8.78 Å². The van der Waals surface area contributed by atoms with Gasteiger partial charge >= 0.3 is 0 Å². The summed E-state index contributed by atoms with van der Waals surface area (Å²) in [5.74, 6) is -0.350. The summed E-state index contributed by atoms with van der Waals surface area (Å²) >= 11 is 3.08. The van der Waals surface area contributed by atoms with Crippen molar-refractivity contribution in [3.8, 4) is 10.7 Å². The fraction of sp³-hybridized carbons (Fsp3) is 0.333. The van der Waals surface area contributed by atoms with E-state index < -0.39 is 11.6 Å². The fourth-order valence-electron chi connectivity index (χ4n) is 2.92. The molecule has 4 nitrogen and oxygen atoms in total. The highest BCUT2D eigenvalue weighted by Gasteiger charge is 2.22. The highest BCUT2D eigenvalue weighted by molar-refractivity contribution is 7.98. The van der Waals surface area contributed by atoms with Crippen molar-refractivity contribution in [3.63, 3.8) is 0 Å². The molecule has 0 aliphatic carbocycles. The van der Waals surface area contributed by atoms with Crippen molar-refractivity contribution in [1.82, 2.24) is 14.8 Å². The Balaban J connectivity index is 1.57. The SMILES string of the molecule is Fc1ccc(CSc2nnc(-c3cccs3)n2CC2CCCO2)cc1F. The lowest BCUT2D eigenvalue weighted by molar-refractivity contribution is 0.0953. The standard InChI is InChI=1S/C18H17F2N3OS2/c19-14-6-5-12(9-15(14)20)11-26-18-22-21-17(16-4-2-8-25-16)23(18)10-13-3-1-7-24-13/h2,4-6,8-9,13H,1,3,7,10-11H2. The van der Waals surface area contributed by atoms with Gasteiger partial charge in [-0.05, 0) is 42.0 Å². The molecule has 3 heterocycles. The van der Waals surface area contributed by atoms with Gasteiger partial charge in [0.25, 0.3) is 0 Å². The lowest BCUT2D eigenvalue weighted by atomic mass is 10.2. The minimum Gasteiger partial charge on any atom is -0.376 e. The number of thioether (sulfide) groups is 1. The molecule has 136 valence electrons. The quantitative estimate of drug-likeness (QED) is 0.567. The topological polar surface area (TPSA) is 39.9 Å². The second-order valence-corrected chi connectivity index (χ2v) is 7.96. The number of rotatable bonds is 6. The van der Waals surface area contributed by atoms with Crippen LogP contribution in [0.25, 0.3) is 10.7 Å². The number of benzene rings is 1. The normalized spacial score (nSPS) is 17.1. The molecule has 0 radical (unpaired) electrons. The molecule has 1 fully saturated rings. The van der Waals surface area contributed by atoms with Gasteiger partial charge in [0, 0.05) is 12.4 Å². The summed E-state index contributed by atoms with van der Waals surface area (Å²) in [5, 5.41) is 11.5. The van der Waals surface area contributed by atoms with Crippen LogP contribution >= 0.6 is 23.1 Å². The van der Waals surface area contributed by atoms with Crippen molar-refractivity contribution >= 4 is 23.1 Å². The van der Waals surface area contributed by atoms with Crippen LogP contribution in [0.4, 0.5) is 8.78 Å². The molecule has 8 heteroatoms. The molecule has 3 aromatic rings. The van der Waals surface area contributed by atoms with Crippen LogP contribution in [0, 0.1) is 11.6 Å². The molecule has 0 amide bonds. The highest BCUT2D eigenvalue weighted by atomic mass is 32.2. The smallest absolute Gasteiger partial charge is 0.191 e.